The van der Waals surface area contributed by atoms with Crippen molar-refractivity contribution in [2.24, 2.45) is 0 Å². The highest BCUT2D eigenvalue weighted by atomic mass is 16.2. The van der Waals surface area contributed by atoms with Crippen LogP contribution >= 0.6 is 0 Å². The number of carbonyl (C=O) groups is 1. The highest BCUT2D eigenvalue weighted by Gasteiger charge is 2.20. The van der Waals surface area contributed by atoms with E-state index in [1.165, 1.54) is 6.42 Å². The van der Waals surface area contributed by atoms with Crippen molar-refractivity contribution >= 4 is 11.6 Å². The molecular formula is C16H24N4O. The number of hydrogen-bond donors (Lipinski definition) is 0. The molecule has 1 aromatic rings. The van der Waals surface area contributed by atoms with E-state index < -0.39 is 0 Å². The van der Waals surface area contributed by atoms with Gasteiger partial charge in [0.05, 0.1) is 17.4 Å². The number of hydrogen-bond acceptors (Lipinski definition) is 4. The van der Waals surface area contributed by atoms with E-state index in [9.17, 15) is 4.79 Å². The van der Waals surface area contributed by atoms with Crippen LogP contribution in [0.2, 0.25) is 0 Å². The number of anilines is 1. The molecule has 114 valence electrons. The third-order valence-corrected chi connectivity index (χ3v) is 4.48. The molecule has 2 saturated heterocycles. The molecule has 1 aromatic heterocycles. The Morgan fingerprint density at radius 1 is 1.00 bits per heavy atom. The molecule has 0 N–H and O–H groups in total. The number of piperidine rings is 1. The van der Waals surface area contributed by atoms with Gasteiger partial charge in [0.25, 0.3) is 5.91 Å². The standard InChI is InChI=1S/C16H24N4O/c1-18-7-9-19(10-8-18)15-11-14(12-17-13-15)16(21)20-5-3-2-4-6-20/h11-13H,2-10H2,1H3. The maximum absolute atomic E-state index is 12.5. The summed E-state index contributed by atoms with van der Waals surface area (Å²) in [5.74, 6) is 0.137. The summed E-state index contributed by atoms with van der Waals surface area (Å²) in [4.78, 5) is 23.4. The predicted octanol–water partition coefficient (Wildman–Crippen LogP) is 1.46. The maximum atomic E-state index is 12.5. The maximum Gasteiger partial charge on any atom is 0.255 e. The summed E-state index contributed by atoms with van der Waals surface area (Å²) in [5, 5.41) is 0. The Bertz CT molecular complexity index is 491. The molecule has 3 heterocycles. The molecule has 0 aliphatic carbocycles. The Morgan fingerprint density at radius 3 is 2.43 bits per heavy atom. The first kappa shape index (κ1) is 14.3. The van der Waals surface area contributed by atoms with Crippen molar-refractivity contribution in [3.05, 3.63) is 24.0 Å². The Hall–Kier alpha value is -1.62. The molecule has 5 nitrogen and oxygen atoms in total. The molecule has 2 aliphatic heterocycles. The SMILES string of the molecule is CN1CCN(c2cncc(C(=O)N3CCCCC3)c2)CC1. The lowest BCUT2D eigenvalue weighted by atomic mass is 10.1. The fourth-order valence-electron chi connectivity index (χ4n) is 3.06. The second kappa shape index (κ2) is 6.43. The Balaban J connectivity index is 1.71. The lowest BCUT2D eigenvalue weighted by Gasteiger charge is -2.34. The largest absolute Gasteiger partial charge is 0.368 e. The molecular weight excluding hydrogens is 264 g/mol. The van der Waals surface area contributed by atoms with E-state index in [4.69, 9.17) is 0 Å². The zero-order chi connectivity index (χ0) is 14.7. The van der Waals surface area contributed by atoms with Gasteiger partial charge in [-0.1, -0.05) is 0 Å². The molecule has 2 fully saturated rings. The van der Waals surface area contributed by atoms with E-state index in [-0.39, 0.29) is 5.91 Å². The first-order valence-corrected chi connectivity index (χ1v) is 7.92. The van der Waals surface area contributed by atoms with Gasteiger partial charge < -0.3 is 14.7 Å². The van der Waals surface area contributed by atoms with Crippen LogP contribution in [-0.4, -0.2) is 67.0 Å². The number of piperazine rings is 1. The van der Waals surface area contributed by atoms with Gasteiger partial charge in [0.2, 0.25) is 0 Å². The van der Waals surface area contributed by atoms with Gasteiger partial charge in [0.1, 0.15) is 0 Å². The molecule has 5 heteroatoms. The van der Waals surface area contributed by atoms with Crippen LogP contribution in [0.5, 0.6) is 0 Å². The first-order valence-electron chi connectivity index (χ1n) is 7.92. The number of amides is 1. The highest BCUT2D eigenvalue weighted by molar-refractivity contribution is 5.94. The smallest absolute Gasteiger partial charge is 0.255 e. The van der Waals surface area contributed by atoms with Crippen molar-refractivity contribution < 1.29 is 4.79 Å². The second-order valence-corrected chi connectivity index (χ2v) is 6.07. The fourth-order valence-corrected chi connectivity index (χ4v) is 3.06. The average Bonchev–Trinajstić information content (AvgIpc) is 2.56. The minimum absolute atomic E-state index is 0.137. The molecule has 0 saturated carbocycles. The van der Waals surface area contributed by atoms with Crippen LogP contribution in [0.4, 0.5) is 5.69 Å². The van der Waals surface area contributed by atoms with Crippen molar-refractivity contribution in [1.82, 2.24) is 14.8 Å². The highest BCUT2D eigenvalue weighted by Crippen LogP contribution is 2.19. The summed E-state index contributed by atoms with van der Waals surface area (Å²) in [5.41, 5.74) is 1.80. The van der Waals surface area contributed by atoms with Gasteiger partial charge in [0, 0.05) is 45.5 Å². The van der Waals surface area contributed by atoms with Crippen LogP contribution in [0.1, 0.15) is 29.6 Å². The summed E-state index contributed by atoms with van der Waals surface area (Å²) in [6.45, 7) is 5.89. The van der Waals surface area contributed by atoms with Gasteiger partial charge in [-0.05, 0) is 32.4 Å². The van der Waals surface area contributed by atoms with Crippen molar-refractivity contribution in [3.63, 3.8) is 0 Å². The first-order chi connectivity index (χ1) is 10.2. The average molecular weight is 288 g/mol. The molecule has 0 aromatic carbocycles. The van der Waals surface area contributed by atoms with Crippen LogP contribution in [0.25, 0.3) is 0 Å². The third kappa shape index (κ3) is 3.35. The number of rotatable bonds is 2. The van der Waals surface area contributed by atoms with Gasteiger partial charge in [-0.2, -0.15) is 0 Å². The number of likely N-dealkylation sites (N-methyl/N-ethyl adjacent to an activating group) is 1. The van der Waals surface area contributed by atoms with Gasteiger partial charge in [-0.25, -0.2) is 0 Å². The van der Waals surface area contributed by atoms with E-state index in [0.717, 1.165) is 63.4 Å². The van der Waals surface area contributed by atoms with E-state index in [0.29, 0.717) is 0 Å². The fraction of sp³-hybridized carbons (Fsp3) is 0.625. The Kier molecular flexibility index (Phi) is 4.39. The normalized spacial score (nSPS) is 20.6. The monoisotopic (exact) mass is 288 g/mol. The minimum Gasteiger partial charge on any atom is -0.368 e. The summed E-state index contributed by atoms with van der Waals surface area (Å²) in [6, 6.07) is 2.01. The van der Waals surface area contributed by atoms with Gasteiger partial charge >= 0.3 is 0 Å². The Morgan fingerprint density at radius 2 is 1.71 bits per heavy atom. The van der Waals surface area contributed by atoms with E-state index in [2.05, 4.69) is 21.8 Å². The van der Waals surface area contributed by atoms with Crippen LogP contribution in [0, 0.1) is 0 Å². The summed E-state index contributed by atoms with van der Waals surface area (Å²) in [7, 11) is 2.14. The van der Waals surface area contributed by atoms with E-state index in [1.807, 2.05) is 17.2 Å². The lowest BCUT2D eigenvalue weighted by molar-refractivity contribution is 0.0724. The number of aromatic nitrogens is 1. The molecule has 2 aliphatic rings. The lowest BCUT2D eigenvalue weighted by Crippen LogP contribution is -2.44. The molecule has 0 bridgehead atoms. The zero-order valence-corrected chi connectivity index (χ0v) is 12.8. The van der Waals surface area contributed by atoms with Crippen LogP contribution in [0.15, 0.2) is 18.5 Å². The van der Waals surface area contributed by atoms with E-state index >= 15 is 0 Å². The van der Waals surface area contributed by atoms with Crippen molar-refractivity contribution in [3.8, 4) is 0 Å². The number of likely N-dealkylation sites (tertiary alicyclic amines) is 1. The molecule has 3 rings (SSSR count). The topological polar surface area (TPSA) is 39.7 Å². The molecule has 0 spiro atoms. The van der Waals surface area contributed by atoms with Gasteiger partial charge in [0.15, 0.2) is 0 Å². The van der Waals surface area contributed by atoms with Gasteiger partial charge in [-0.3, -0.25) is 9.78 Å². The third-order valence-electron chi connectivity index (χ3n) is 4.48. The van der Waals surface area contributed by atoms with Crippen LogP contribution in [0.3, 0.4) is 0 Å². The molecule has 1 amide bonds. The number of nitrogens with zero attached hydrogens (tertiary/aromatic N) is 4. The number of pyridine rings is 1. The quantitative estimate of drug-likeness (QED) is 0.826. The summed E-state index contributed by atoms with van der Waals surface area (Å²) < 4.78 is 0. The molecule has 0 radical (unpaired) electrons. The van der Waals surface area contributed by atoms with Crippen molar-refractivity contribution in [2.45, 2.75) is 19.3 Å². The van der Waals surface area contributed by atoms with E-state index in [1.54, 1.807) is 6.20 Å². The predicted molar refractivity (Wildman–Crippen MR) is 83.7 cm³/mol. The van der Waals surface area contributed by atoms with Gasteiger partial charge in [-0.15, -0.1) is 0 Å². The number of carbonyl (C=O) groups excluding carboxylic acids is 1. The zero-order valence-electron chi connectivity index (χ0n) is 12.8. The molecule has 0 unspecified atom stereocenters. The molecule has 0 atom stereocenters. The van der Waals surface area contributed by atoms with Crippen LogP contribution in [-0.2, 0) is 0 Å². The minimum atomic E-state index is 0.137. The summed E-state index contributed by atoms with van der Waals surface area (Å²) in [6.07, 6.45) is 7.06. The van der Waals surface area contributed by atoms with Crippen molar-refractivity contribution in [1.29, 1.82) is 0 Å². The molecule has 21 heavy (non-hydrogen) atoms. The Labute approximate surface area is 126 Å². The summed E-state index contributed by atoms with van der Waals surface area (Å²) >= 11 is 0. The van der Waals surface area contributed by atoms with Crippen LogP contribution < -0.4 is 4.90 Å². The second-order valence-electron chi connectivity index (χ2n) is 6.07. The van der Waals surface area contributed by atoms with Crippen molar-refractivity contribution in [2.75, 3.05) is 51.2 Å².